The topological polar surface area (TPSA) is 81.0 Å². The first-order valence-electron chi connectivity index (χ1n) is 6.39. The van der Waals surface area contributed by atoms with Crippen molar-refractivity contribution in [2.24, 2.45) is 0 Å². The quantitative estimate of drug-likeness (QED) is 0.578. The van der Waals surface area contributed by atoms with Crippen LogP contribution < -0.4 is 5.32 Å². The zero-order valence-corrected chi connectivity index (χ0v) is 11.8. The number of thiazole rings is 1. The molecule has 0 aliphatic heterocycles. The highest BCUT2D eigenvalue weighted by molar-refractivity contribution is 7.09. The Kier molecular flexibility index (Phi) is 3.74. The van der Waals surface area contributed by atoms with E-state index in [1.54, 1.807) is 35.9 Å². The number of nitro benzene ring substituents is 1. The van der Waals surface area contributed by atoms with Gasteiger partial charge in [0.1, 0.15) is 0 Å². The predicted octanol–water partition coefficient (Wildman–Crippen LogP) is 3.25. The fraction of sp³-hybridized carbons (Fsp3) is 0.143. The number of nitrogens with zero attached hydrogens (tertiary/aromatic N) is 3. The summed E-state index contributed by atoms with van der Waals surface area (Å²) in [6, 6.07) is 5.03. The number of hydrogen-bond acceptors (Lipinski definition) is 6. The SMILES string of the molecule is O=[N+]([O-])c1ccc(NCCc2nccs2)c2ccncc12. The Morgan fingerprint density at radius 2 is 2.14 bits per heavy atom. The lowest BCUT2D eigenvalue weighted by Gasteiger charge is -2.09. The number of rotatable bonds is 5. The number of non-ortho nitro benzene ring substituents is 1. The minimum atomic E-state index is -0.386. The first-order chi connectivity index (χ1) is 10.3. The van der Waals surface area contributed by atoms with E-state index in [1.165, 1.54) is 12.3 Å². The molecule has 0 aliphatic carbocycles. The molecule has 21 heavy (non-hydrogen) atoms. The molecule has 2 heterocycles. The van der Waals surface area contributed by atoms with Gasteiger partial charge in [-0.25, -0.2) is 4.98 Å². The first-order valence-corrected chi connectivity index (χ1v) is 7.27. The summed E-state index contributed by atoms with van der Waals surface area (Å²) in [5, 5.41) is 18.7. The first kappa shape index (κ1) is 13.4. The number of hydrogen-bond donors (Lipinski definition) is 1. The second-order valence-corrected chi connectivity index (χ2v) is 5.39. The van der Waals surface area contributed by atoms with E-state index in [2.05, 4.69) is 15.3 Å². The van der Waals surface area contributed by atoms with Crippen molar-refractivity contribution in [2.75, 3.05) is 11.9 Å². The minimum Gasteiger partial charge on any atom is -0.384 e. The summed E-state index contributed by atoms with van der Waals surface area (Å²) in [6.45, 7) is 0.725. The van der Waals surface area contributed by atoms with Gasteiger partial charge in [0, 0.05) is 54.1 Å². The number of aromatic nitrogens is 2. The Bertz CT molecular complexity index is 774. The molecule has 0 radical (unpaired) electrons. The average molecular weight is 300 g/mol. The summed E-state index contributed by atoms with van der Waals surface area (Å²) >= 11 is 1.62. The predicted molar refractivity (Wildman–Crippen MR) is 82.7 cm³/mol. The van der Waals surface area contributed by atoms with Gasteiger partial charge < -0.3 is 5.32 Å². The van der Waals surface area contributed by atoms with Crippen LogP contribution in [0.4, 0.5) is 11.4 Å². The fourth-order valence-corrected chi connectivity index (χ4v) is 2.79. The Morgan fingerprint density at radius 3 is 2.90 bits per heavy atom. The number of benzene rings is 1. The third kappa shape index (κ3) is 2.82. The van der Waals surface area contributed by atoms with Crippen molar-refractivity contribution in [3.63, 3.8) is 0 Å². The van der Waals surface area contributed by atoms with Gasteiger partial charge in [-0.3, -0.25) is 15.1 Å². The van der Waals surface area contributed by atoms with Crippen molar-refractivity contribution < 1.29 is 4.92 Å². The molecule has 2 aromatic heterocycles. The summed E-state index contributed by atoms with van der Waals surface area (Å²) in [5.74, 6) is 0. The van der Waals surface area contributed by atoms with E-state index in [1.807, 2.05) is 5.38 Å². The maximum absolute atomic E-state index is 11.0. The van der Waals surface area contributed by atoms with Crippen LogP contribution in [-0.4, -0.2) is 21.4 Å². The summed E-state index contributed by atoms with van der Waals surface area (Å²) in [7, 11) is 0. The third-order valence-corrected chi connectivity index (χ3v) is 3.97. The Labute approximate surface area is 124 Å². The maximum atomic E-state index is 11.0. The molecule has 7 heteroatoms. The molecule has 0 aliphatic rings. The van der Waals surface area contributed by atoms with E-state index in [0.717, 1.165) is 29.0 Å². The molecular formula is C14H12N4O2S. The number of anilines is 1. The molecule has 0 saturated carbocycles. The van der Waals surface area contributed by atoms with Crippen molar-refractivity contribution in [1.82, 2.24) is 9.97 Å². The molecule has 6 nitrogen and oxygen atoms in total. The van der Waals surface area contributed by atoms with Crippen molar-refractivity contribution >= 4 is 33.5 Å². The molecule has 0 spiro atoms. The van der Waals surface area contributed by atoms with Crippen LogP contribution in [0.5, 0.6) is 0 Å². The molecule has 0 bridgehead atoms. The highest BCUT2D eigenvalue weighted by Gasteiger charge is 2.14. The smallest absolute Gasteiger partial charge is 0.278 e. The van der Waals surface area contributed by atoms with Crippen molar-refractivity contribution in [3.8, 4) is 0 Å². The molecule has 106 valence electrons. The van der Waals surface area contributed by atoms with E-state index >= 15 is 0 Å². The normalized spacial score (nSPS) is 10.7. The summed E-state index contributed by atoms with van der Waals surface area (Å²) in [5.41, 5.74) is 0.943. The van der Waals surface area contributed by atoms with Crippen LogP contribution in [0.2, 0.25) is 0 Å². The molecule has 1 aromatic carbocycles. The Hall–Kier alpha value is -2.54. The summed E-state index contributed by atoms with van der Waals surface area (Å²) in [6.07, 6.45) is 5.77. The van der Waals surface area contributed by atoms with Crippen LogP contribution in [0.3, 0.4) is 0 Å². The van der Waals surface area contributed by atoms with Crippen molar-refractivity contribution in [1.29, 1.82) is 0 Å². The highest BCUT2D eigenvalue weighted by atomic mass is 32.1. The Morgan fingerprint density at radius 1 is 1.24 bits per heavy atom. The molecule has 0 unspecified atom stereocenters. The molecule has 1 N–H and O–H groups in total. The van der Waals surface area contributed by atoms with Gasteiger partial charge in [0.15, 0.2) is 0 Å². The second-order valence-electron chi connectivity index (χ2n) is 4.41. The van der Waals surface area contributed by atoms with Gasteiger partial charge in [-0.1, -0.05) is 0 Å². The molecular weight excluding hydrogens is 288 g/mol. The van der Waals surface area contributed by atoms with Crippen LogP contribution >= 0.6 is 11.3 Å². The largest absolute Gasteiger partial charge is 0.384 e. The van der Waals surface area contributed by atoms with E-state index < -0.39 is 0 Å². The lowest BCUT2D eigenvalue weighted by Crippen LogP contribution is -2.05. The number of fused-ring (bicyclic) bond motifs is 1. The molecule has 3 rings (SSSR count). The number of nitrogens with one attached hydrogen (secondary N) is 1. The maximum Gasteiger partial charge on any atom is 0.278 e. The van der Waals surface area contributed by atoms with Gasteiger partial charge in [0.05, 0.1) is 15.3 Å². The summed E-state index contributed by atoms with van der Waals surface area (Å²) < 4.78 is 0. The van der Waals surface area contributed by atoms with Gasteiger partial charge in [0.2, 0.25) is 0 Å². The van der Waals surface area contributed by atoms with Gasteiger partial charge in [-0.15, -0.1) is 11.3 Å². The number of nitro groups is 1. The van der Waals surface area contributed by atoms with Gasteiger partial charge in [0.25, 0.3) is 5.69 Å². The van der Waals surface area contributed by atoms with Crippen LogP contribution in [0.25, 0.3) is 10.8 Å². The van der Waals surface area contributed by atoms with E-state index in [9.17, 15) is 10.1 Å². The van der Waals surface area contributed by atoms with Gasteiger partial charge >= 0.3 is 0 Å². The molecule has 0 fully saturated rings. The van der Waals surface area contributed by atoms with E-state index in [0.29, 0.717) is 5.39 Å². The molecule has 3 aromatic rings. The minimum absolute atomic E-state index is 0.0728. The van der Waals surface area contributed by atoms with Crippen LogP contribution in [0, 0.1) is 10.1 Å². The monoisotopic (exact) mass is 300 g/mol. The fourth-order valence-electron chi connectivity index (χ4n) is 2.17. The zero-order chi connectivity index (χ0) is 14.7. The highest BCUT2D eigenvalue weighted by Crippen LogP contribution is 2.30. The van der Waals surface area contributed by atoms with Gasteiger partial charge in [-0.05, 0) is 12.1 Å². The van der Waals surface area contributed by atoms with E-state index in [4.69, 9.17) is 0 Å². The molecule has 0 amide bonds. The molecule has 0 saturated heterocycles. The second kappa shape index (κ2) is 5.84. The van der Waals surface area contributed by atoms with Crippen LogP contribution in [0.15, 0.2) is 42.2 Å². The van der Waals surface area contributed by atoms with Crippen molar-refractivity contribution in [2.45, 2.75) is 6.42 Å². The van der Waals surface area contributed by atoms with Crippen molar-refractivity contribution in [3.05, 3.63) is 57.3 Å². The van der Waals surface area contributed by atoms with E-state index in [-0.39, 0.29) is 10.6 Å². The van der Waals surface area contributed by atoms with Gasteiger partial charge in [-0.2, -0.15) is 0 Å². The average Bonchev–Trinajstić information content (AvgIpc) is 3.00. The Balaban J connectivity index is 1.85. The van der Waals surface area contributed by atoms with Crippen LogP contribution in [0.1, 0.15) is 5.01 Å². The molecule has 0 atom stereocenters. The van der Waals surface area contributed by atoms with Crippen LogP contribution in [-0.2, 0) is 6.42 Å². The number of pyridine rings is 1. The zero-order valence-electron chi connectivity index (χ0n) is 11.0. The third-order valence-electron chi connectivity index (χ3n) is 3.13. The lowest BCUT2D eigenvalue weighted by molar-refractivity contribution is -0.383. The standard InChI is InChI=1S/C14H12N4O2S/c19-18(20)13-2-1-12(10-3-5-15-9-11(10)13)16-6-4-14-17-7-8-21-14/h1-3,5,7-9,16H,4,6H2. The summed E-state index contributed by atoms with van der Waals surface area (Å²) in [4.78, 5) is 18.9. The lowest BCUT2D eigenvalue weighted by atomic mass is 10.1.